The van der Waals surface area contributed by atoms with Crippen LogP contribution in [0.15, 0.2) is 10.9 Å². The first-order valence-corrected chi connectivity index (χ1v) is 7.22. The molecule has 6 nitrogen and oxygen atoms in total. The van der Waals surface area contributed by atoms with Crippen LogP contribution >= 0.6 is 0 Å². The van der Waals surface area contributed by atoms with Gasteiger partial charge in [0.1, 0.15) is 12.1 Å². The largest absolute Gasteiger partial charge is 0.346 e. The molecule has 0 bridgehead atoms. The normalized spacial score (nSPS) is 21.4. The van der Waals surface area contributed by atoms with Gasteiger partial charge in [-0.3, -0.25) is 0 Å². The summed E-state index contributed by atoms with van der Waals surface area (Å²) in [5, 5.41) is 4.10. The molecule has 4 rings (SSSR count). The minimum atomic E-state index is 0.187. The van der Waals surface area contributed by atoms with Crippen LogP contribution < -0.4 is 4.90 Å². The van der Waals surface area contributed by atoms with Gasteiger partial charge in [-0.15, -0.1) is 0 Å². The van der Waals surface area contributed by atoms with Crippen molar-refractivity contribution in [2.45, 2.75) is 45.1 Å². The van der Waals surface area contributed by atoms with Crippen molar-refractivity contribution >= 4 is 5.82 Å². The summed E-state index contributed by atoms with van der Waals surface area (Å²) in [6.45, 7) is 2.83. The lowest BCUT2D eigenvalue weighted by molar-refractivity contribution is 0.383. The SMILES string of the molecule is Cc1nc([C@@H]2CCCN2c2ncnc3c2CCC3)no1. The number of aromatic nitrogens is 4. The molecule has 0 radical (unpaired) electrons. The molecule has 2 aromatic rings. The van der Waals surface area contributed by atoms with Crippen LogP contribution in [0.4, 0.5) is 5.82 Å². The monoisotopic (exact) mass is 271 g/mol. The third-order valence-electron chi connectivity index (χ3n) is 4.22. The second-order valence-electron chi connectivity index (χ2n) is 5.50. The van der Waals surface area contributed by atoms with Crippen molar-refractivity contribution in [2.24, 2.45) is 0 Å². The molecule has 2 aromatic heterocycles. The van der Waals surface area contributed by atoms with E-state index in [1.165, 1.54) is 17.7 Å². The van der Waals surface area contributed by atoms with E-state index >= 15 is 0 Å². The third-order valence-corrected chi connectivity index (χ3v) is 4.22. The van der Waals surface area contributed by atoms with E-state index in [9.17, 15) is 0 Å². The number of nitrogens with zero attached hydrogens (tertiary/aromatic N) is 5. The zero-order valence-electron chi connectivity index (χ0n) is 11.5. The predicted molar refractivity (Wildman–Crippen MR) is 72.4 cm³/mol. The first-order valence-electron chi connectivity index (χ1n) is 7.22. The van der Waals surface area contributed by atoms with Gasteiger partial charge < -0.3 is 9.42 Å². The molecule has 1 aliphatic carbocycles. The summed E-state index contributed by atoms with van der Waals surface area (Å²) in [6, 6.07) is 0.187. The maximum Gasteiger partial charge on any atom is 0.223 e. The van der Waals surface area contributed by atoms with Gasteiger partial charge in [-0.05, 0) is 32.1 Å². The van der Waals surface area contributed by atoms with E-state index in [-0.39, 0.29) is 6.04 Å². The Bertz CT molecular complexity index is 638. The van der Waals surface area contributed by atoms with E-state index in [0.717, 1.165) is 43.9 Å². The van der Waals surface area contributed by atoms with Crippen LogP contribution in [-0.4, -0.2) is 26.7 Å². The number of anilines is 1. The zero-order valence-corrected chi connectivity index (χ0v) is 11.5. The van der Waals surface area contributed by atoms with E-state index in [1.54, 1.807) is 6.33 Å². The van der Waals surface area contributed by atoms with Crippen LogP contribution in [0, 0.1) is 6.92 Å². The zero-order chi connectivity index (χ0) is 13.5. The van der Waals surface area contributed by atoms with E-state index in [4.69, 9.17) is 4.52 Å². The van der Waals surface area contributed by atoms with Gasteiger partial charge in [-0.1, -0.05) is 5.16 Å². The number of aryl methyl sites for hydroxylation is 2. The summed E-state index contributed by atoms with van der Waals surface area (Å²) in [7, 11) is 0. The summed E-state index contributed by atoms with van der Waals surface area (Å²) in [5.74, 6) is 2.49. The van der Waals surface area contributed by atoms with Crippen molar-refractivity contribution in [3.8, 4) is 0 Å². The average Bonchev–Trinajstić information content (AvgIpc) is 3.17. The molecule has 0 N–H and O–H groups in total. The summed E-state index contributed by atoms with van der Waals surface area (Å²) < 4.78 is 5.13. The highest BCUT2D eigenvalue weighted by Crippen LogP contribution is 2.37. The van der Waals surface area contributed by atoms with E-state index in [1.807, 2.05) is 6.92 Å². The maximum absolute atomic E-state index is 5.13. The highest BCUT2D eigenvalue weighted by Gasteiger charge is 2.33. The first-order chi connectivity index (χ1) is 9.83. The van der Waals surface area contributed by atoms with E-state index in [0.29, 0.717) is 5.89 Å². The highest BCUT2D eigenvalue weighted by molar-refractivity contribution is 5.52. The number of hydrogen-bond acceptors (Lipinski definition) is 6. The van der Waals surface area contributed by atoms with Gasteiger partial charge in [0.15, 0.2) is 5.82 Å². The van der Waals surface area contributed by atoms with Crippen molar-refractivity contribution < 1.29 is 4.52 Å². The van der Waals surface area contributed by atoms with Crippen LogP contribution in [0.1, 0.15) is 48.3 Å². The Labute approximate surface area is 117 Å². The Kier molecular flexibility index (Phi) is 2.68. The molecule has 0 saturated carbocycles. The molecule has 0 unspecified atom stereocenters. The molecule has 6 heteroatoms. The number of fused-ring (bicyclic) bond motifs is 1. The highest BCUT2D eigenvalue weighted by atomic mass is 16.5. The lowest BCUT2D eigenvalue weighted by Gasteiger charge is -2.25. The topological polar surface area (TPSA) is 67.9 Å². The summed E-state index contributed by atoms with van der Waals surface area (Å²) in [5.41, 5.74) is 2.53. The quantitative estimate of drug-likeness (QED) is 0.832. The molecule has 0 amide bonds. The van der Waals surface area contributed by atoms with E-state index in [2.05, 4.69) is 25.0 Å². The van der Waals surface area contributed by atoms with Crippen LogP contribution in [-0.2, 0) is 12.8 Å². The Morgan fingerprint density at radius 1 is 1.25 bits per heavy atom. The maximum atomic E-state index is 5.13. The minimum absolute atomic E-state index is 0.187. The van der Waals surface area contributed by atoms with Crippen LogP contribution in [0.5, 0.6) is 0 Å². The van der Waals surface area contributed by atoms with Gasteiger partial charge >= 0.3 is 0 Å². The minimum Gasteiger partial charge on any atom is -0.346 e. The summed E-state index contributed by atoms with van der Waals surface area (Å²) in [4.78, 5) is 15.7. The molecule has 1 atom stereocenters. The van der Waals surface area contributed by atoms with Gasteiger partial charge in [-0.25, -0.2) is 9.97 Å². The van der Waals surface area contributed by atoms with Gasteiger partial charge in [0, 0.05) is 24.7 Å². The molecule has 0 aromatic carbocycles. The van der Waals surface area contributed by atoms with Crippen molar-refractivity contribution in [1.82, 2.24) is 20.1 Å². The Balaban J connectivity index is 1.72. The molecule has 20 heavy (non-hydrogen) atoms. The van der Waals surface area contributed by atoms with Crippen molar-refractivity contribution in [3.05, 3.63) is 29.3 Å². The first kappa shape index (κ1) is 11.8. The molecule has 3 heterocycles. The molecule has 0 spiro atoms. The molecule has 1 fully saturated rings. The van der Waals surface area contributed by atoms with Crippen molar-refractivity contribution in [2.75, 3.05) is 11.4 Å². The number of rotatable bonds is 2. The fourth-order valence-corrected chi connectivity index (χ4v) is 3.33. The van der Waals surface area contributed by atoms with Gasteiger partial charge in [0.05, 0.1) is 6.04 Å². The second-order valence-corrected chi connectivity index (χ2v) is 5.50. The fraction of sp³-hybridized carbons (Fsp3) is 0.571. The van der Waals surface area contributed by atoms with Crippen LogP contribution in [0.25, 0.3) is 0 Å². The summed E-state index contributed by atoms with van der Waals surface area (Å²) >= 11 is 0. The van der Waals surface area contributed by atoms with Gasteiger partial charge in [0.2, 0.25) is 5.89 Å². The van der Waals surface area contributed by atoms with Gasteiger partial charge in [0.25, 0.3) is 0 Å². The Hall–Kier alpha value is -1.98. The molecule has 104 valence electrons. The molecule has 1 saturated heterocycles. The average molecular weight is 271 g/mol. The molecule has 1 aliphatic heterocycles. The Morgan fingerprint density at radius 2 is 2.20 bits per heavy atom. The predicted octanol–water partition coefficient (Wildman–Crippen LogP) is 2.00. The number of hydrogen-bond donors (Lipinski definition) is 0. The second kappa shape index (κ2) is 4.54. The van der Waals surface area contributed by atoms with E-state index < -0.39 is 0 Å². The summed E-state index contributed by atoms with van der Waals surface area (Å²) in [6.07, 6.45) is 7.22. The third kappa shape index (κ3) is 1.78. The molecule has 2 aliphatic rings. The lowest BCUT2D eigenvalue weighted by Crippen LogP contribution is -2.25. The smallest absolute Gasteiger partial charge is 0.223 e. The van der Waals surface area contributed by atoms with Gasteiger partial charge in [-0.2, -0.15) is 4.98 Å². The van der Waals surface area contributed by atoms with Crippen LogP contribution in [0.3, 0.4) is 0 Å². The fourth-order valence-electron chi connectivity index (χ4n) is 3.33. The lowest BCUT2D eigenvalue weighted by atomic mass is 10.2. The van der Waals surface area contributed by atoms with Crippen molar-refractivity contribution in [3.63, 3.8) is 0 Å². The molecular weight excluding hydrogens is 254 g/mol. The Morgan fingerprint density at radius 3 is 3.05 bits per heavy atom. The van der Waals surface area contributed by atoms with Crippen molar-refractivity contribution in [1.29, 1.82) is 0 Å². The van der Waals surface area contributed by atoms with Crippen LogP contribution in [0.2, 0.25) is 0 Å². The molecular formula is C14H17N5O. The standard InChI is InChI=1S/C14H17N5O/c1-9-17-13(18-20-9)12-6-3-7-19(12)14-10-4-2-5-11(10)15-8-16-14/h8,12H,2-7H2,1H3/t12-/m0/s1.